The van der Waals surface area contributed by atoms with E-state index in [1.54, 1.807) is 6.08 Å². The zero-order chi connectivity index (χ0) is 15.2. The molecule has 1 aromatic carbocycles. The molecule has 0 bridgehead atoms. The number of hydrogen-bond acceptors (Lipinski definition) is 4. The van der Waals surface area contributed by atoms with E-state index in [4.69, 9.17) is 4.74 Å². The van der Waals surface area contributed by atoms with Gasteiger partial charge in [0, 0.05) is 51.9 Å². The Kier molecular flexibility index (Phi) is 5.48. The Balaban J connectivity index is 1.48. The topological polar surface area (TPSA) is 27.7 Å². The number of hydrogen-bond donors (Lipinski definition) is 1. The summed E-state index contributed by atoms with van der Waals surface area (Å²) in [5, 5.41) is 3.44. The highest BCUT2D eigenvalue weighted by atomic mass is 16.5. The van der Waals surface area contributed by atoms with Gasteiger partial charge in [0.2, 0.25) is 0 Å². The van der Waals surface area contributed by atoms with Gasteiger partial charge in [0.25, 0.3) is 0 Å². The summed E-state index contributed by atoms with van der Waals surface area (Å²) in [5.41, 5.74) is 1.37. The molecule has 0 spiro atoms. The SMILES string of the molecule is C=CCOc1ccc(CN2CCC(N3CCNCC3)C2)cc1. The van der Waals surface area contributed by atoms with Gasteiger partial charge in [-0.25, -0.2) is 0 Å². The second kappa shape index (κ2) is 7.77. The Morgan fingerprint density at radius 3 is 2.68 bits per heavy atom. The van der Waals surface area contributed by atoms with Crippen LogP contribution < -0.4 is 10.1 Å². The first-order chi connectivity index (χ1) is 10.8. The van der Waals surface area contributed by atoms with Crippen molar-refractivity contribution in [1.29, 1.82) is 0 Å². The van der Waals surface area contributed by atoms with Gasteiger partial charge in [-0.3, -0.25) is 9.80 Å². The first-order valence-electron chi connectivity index (χ1n) is 8.35. The van der Waals surface area contributed by atoms with E-state index >= 15 is 0 Å². The van der Waals surface area contributed by atoms with Gasteiger partial charge in [0.15, 0.2) is 0 Å². The number of piperazine rings is 1. The van der Waals surface area contributed by atoms with E-state index in [0.717, 1.165) is 31.4 Å². The van der Waals surface area contributed by atoms with Gasteiger partial charge in [-0.05, 0) is 24.1 Å². The van der Waals surface area contributed by atoms with Crippen molar-refractivity contribution in [3.05, 3.63) is 42.5 Å². The summed E-state index contributed by atoms with van der Waals surface area (Å²) >= 11 is 0. The molecule has 1 N–H and O–H groups in total. The van der Waals surface area contributed by atoms with Gasteiger partial charge in [-0.1, -0.05) is 24.8 Å². The van der Waals surface area contributed by atoms with Crippen molar-refractivity contribution in [3.63, 3.8) is 0 Å². The lowest BCUT2D eigenvalue weighted by molar-refractivity contribution is 0.170. The molecular formula is C18H27N3O. The molecule has 0 saturated carbocycles. The van der Waals surface area contributed by atoms with Crippen molar-refractivity contribution in [1.82, 2.24) is 15.1 Å². The average Bonchev–Trinajstić information content (AvgIpc) is 3.04. The van der Waals surface area contributed by atoms with Gasteiger partial charge in [-0.15, -0.1) is 0 Å². The van der Waals surface area contributed by atoms with Crippen LogP contribution in [-0.4, -0.2) is 61.7 Å². The van der Waals surface area contributed by atoms with Gasteiger partial charge in [0.05, 0.1) is 0 Å². The molecule has 0 amide bonds. The molecule has 1 aromatic rings. The number of nitrogens with zero attached hydrogens (tertiary/aromatic N) is 2. The zero-order valence-corrected chi connectivity index (χ0v) is 13.3. The number of likely N-dealkylation sites (tertiary alicyclic amines) is 1. The van der Waals surface area contributed by atoms with Gasteiger partial charge < -0.3 is 10.1 Å². The molecule has 22 heavy (non-hydrogen) atoms. The summed E-state index contributed by atoms with van der Waals surface area (Å²) in [7, 11) is 0. The van der Waals surface area contributed by atoms with Crippen LogP contribution in [-0.2, 0) is 6.54 Å². The zero-order valence-electron chi connectivity index (χ0n) is 13.3. The Bertz CT molecular complexity index is 468. The van der Waals surface area contributed by atoms with Crippen molar-refractivity contribution in [2.45, 2.75) is 19.0 Å². The molecule has 3 rings (SSSR count). The first kappa shape index (κ1) is 15.5. The molecule has 4 heteroatoms. The highest BCUT2D eigenvalue weighted by Gasteiger charge is 2.28. The van der Waals surface area contributed by atoms with Crippen molar-refractivity contribution >= 4 is 0 Å². The van der Waals surface area contributed by atoms with Crippen LogP contribution in [0.15, 0.2) is 36.9 Å². The van der Waals surface area contributed by atoms with Crippen molar-refractivity contribution in [3.8, 4) is 5.75 Å². The molecular weight excluding hydrogens is 274 g/mol. The molecule has 2 aliphatic heterocycles. The monoisotopic (exact) mass is 301 g/mol. The molecule has 1 unspecified atom stereocenters. The lowest BCUT2D eigenvalue weighted by atomic mass is 10.2. The maximum Gasteiger partial charge on any atom is 0.119 e. The quantitative estimate of drug-likeness (QED) is 0.810. The van der Waals surface area contributed by atoms with E-state index in [1.165, 1.54) is 38.2 Å². The van der Waals surface area contributed by atoms with Crippen LogP contribution in [0.2, 0.25) is 0 Å². The maximum atomic E-state index is 5.53. The van der Waals surface area contributed by atoms with E-state index in [-0.39, 0.29) is 0 Å². The predicted octanol–water partition coefficient (Wildman–Crippen LogP) is 1.73. The molecule has 2 aliphatic rings. The molecule has 1 atom stereocenters. The standard InChI is InChI=1S/C18H27N3O/c1-2-13-22-18-5-3-16(4-6-18)14-20-10-7-17(15-20)21-11-8-19-9-12-21/h2-6,17,19H,1,7-15H2. The molecule has 0 radical (unpaired) electrons. The van der Waals surface area contributed by atoms with Crippen LogP contribution in [0.3, 0.4) is 0 Å². The highest BCUT2D eigenvalue weighted by Crippen LogP contribution is 2.20. The minimum absolute atomic E-state index is 0.567. The van der Waals surface area contributed by atoms with Crippen molar-refractivity contribution in [2.24, 2.45) is 0 Å². The van der Waals surface area contributed by atoms with Crippen molar-refractivity contribution in [2.75, 3.05) is 45.9 Å². The third kappa shape index (κ3) is 4.09. The predicted molar refractivity (Wildman–Crippen MR) is 90.3 cm³/mol. The molecule has 4 nitrogen and oxygen atoms in total. The van der Waals surface area contributed by atoms with E-state index < -0.39 is 0 Å². The van der Waals surface area contributed by atoms with E-state index in [0.29, 0.717) is 6.61 Å². The minimum atomic E-state index is 0.567. The Morgan fingerprint density at radius 2 is 1.95 bits per heavy atom. The third-order valence-electron chi connectivity index (χ3n) is 4.61. The summed E-state index contributed by atoms with van der Waals surface area (Å²) < 4.78 is 5.53. The summed E-state index contributed by atoms with van der Waals surface area (Å²) in [5.74, 6) is 0.920. The van der Waals surface area contributed by atoms with Crippen LogP contribution in [0.1, 0.15) is 12.0 Å². The van der Waals surface area contributed by atoms with Gasteiger partial charge >= 0.3 is 0 Å². The average molecular weight is 301 g/mol. The summed E-state index contributed by atoms with van der Waals surface area (Å²) in [4.78, 5) is 5.23. The largest absolute Gasteiger partial charge is 0.490 e. The van der Waals surface area contributed by atoms with Crippen LogP contribution in [0, 0.1) is 0 Å². The Morgan fingerprint density at radius 1 is 1.18 bits per heavy atom. The minimum Gasteiger partial charge on any atom is -0.490 e. The summed E-state index contributed by atoms with van der Waals surface area (Å²) in [6.07, 6.45) is 3.08. The van der Waals surface area contributed by atoms with Crippen LogP contribution in [0.5, 0.6) is 5.75 Å². The first-order valence-corrected chi connectivity index (χ1v) is 8.35. The normalized spacial score (nSPS) is 23.5. The fourth-order valence-corrected chi connectivity index (χ4v) is 3.41. The van der Waals surface area contributed by atoms with E-state index in [2.05, 4.69) is 46.0 Å². The fourth-order valence-electron chi connectivity index (χ4n) is 3.41. The molecule has 2 saturated heterocycles. The highest BCUT2D eigenvalue weighted by molar-refractivity contribution is 5.27. The smallest absolute Gasteiger partial charge is 0.119 e. The molecule has 2 fully saturated rings. The molecule has 0 aromatic heterocycles. The molecule has 2 heterocycles. The fraction of sp³-hybridized carbons (Fsp3) is 0.556. The summed E-state index contributed by atoms with van der Waals surface area (Å²) in [6.45, 7) is 12.4. The van der Waals surface area contributed by atoms with Gasteiger partial charge in [0.1, 0.15) is 12.4 Å². The number of rotatable bonds is 6. The van der Waals surface area contributed by atoms with Crippen LogP contribution in [0.4, 0.5) is 0 Å². The van der Waals surface area contributed by atoms with Crippen LogP contribution in [0.25, 0.3) is 0 Å². The molecule has 120 valence electrons. The maximum absolute atomic E-state index is 5.53. The van der Waals surface area contributed by atoms with Crippen LogP contribution >= 0.6 is 0 Å². The third-order valence-corrected chi connectivity index (χ3v) is 4.61. The summed E-state index contributed by atoms with van der Waals surface area (Å²) in [6, 6.07) is 9.22. The Labute approximate surface area is 133 Å². The number of ether oxygens (including phenoxy) is 1. The van der Waals surface area contributed by atoms with E-state index in [1.807, 2.05) is 0 Å². The number of nitrogens with one attached hydrogen (secondary N) is 1. The second-order valence-corrected chi connectivity index (χ2v) is 6.21. The second-order valence-electron chi connectivity index (χ2n) is 6.21. The molecule has 0 aliphatic carbocycles. The lowest BCUT2D eigenvalue weighted by Gasteiger charge is -2.32. The van der Waals surface area contributed by atoms with E-state index in [9.17, 15) is 0 Å². The lowest BCUT2D eigenvalue weighted by Crippen LogP contribution is -2.49. The van der Waals surface area contributed by atoms with Crippen molar-refractivity contribution < 1.29 is 4.74 Å². The van der Waals surface area contributed by atoms with Gasteiger partial charge in [-0.2, -0.15) is 0 Å². The Hall–Kier alpha value is -1.36. The number of benzene rings is 1.